The second-order valence-corrected chi connectivity index (χ2v) is 11.1. The molecule has 1 aliphatic rings. The molecule has 0 spiro atoms. The molecule has 1 aliphatic heterocycles. The van der Waals surface area contributed by atoms with Gasteiger partial charge in [-0.3, -0.25) is 18.9 Å². The zero-order valence-electron chi connectivity index (χ0n) is 16.0. The molecule has 6 unspecified atom stereocenters. The molecule has 6 atom stereocenters. The normalized spacial score (nSPS) is 30.6. The van der Waals surface area contributed by atoms with E-state index in [9.17, 15) is 38.2 Å². The van der Waals surface area contributed by atoms with E-state index in [0.717, 1.165) is 16.8 Å². The van der Waals surface area contributed by atoms with E-state index in [1.165, 1.54) is 6.92 Å². The smallest absolute Gasteiger partial charge is 0.390 e. The van der Waals surface area contributed by atoms with Crippen LogP contribution in [0.5, 0.6) is 0 Å². The van der Waals surface area contributed by atoms with Crippen molar-refractivity contribution in [2.75, 3.05) is 6.61 Å². The molecule has 0 saturated carbocycles. The quantitative estimate of drug-likeness (QED) is 0.231. The first kappa shape index (κ1) is 26.3. The number of aliphatic hydroxyl groups is 1. The predicted molar refractivity (Wildman–Crippen MR) is 99.5 cm³/mol. The molecule has 0 bridgehead atoms. The minimum Gasteiger partial charge on any atom is -0.390 e. The van der Waals surface area contributed by atoms with Crippen molar-refractivity contribution in [1.82, 2.24) is 9.55 Å². The number of ether oxygens (including phenoxy) is 1. The first-order valence-corrected chi connectivity index (χ1v) is 13.0. The van der Waals surface area contributed by atoms with E-state index in [1.54, 1.807) is 6.92 Å². The second-order valence-electron chi connectivity index (χ2n) is 6.72. The summed E-state index contributed by atoms with van der Waals surface area (Å²) in [6, 6.07) is 1.05. The summed E-state index contributed by atoms with van der Waals surface area (Å²) in [5.74, 6) is -0.738. The van der Waals surface area contributed by atoms with Crippen molar-refractivity contribution in [3.05, 3.63) is 33.1 Å². The van der Waals surface area contributed by atoms with Crippen LogP contribution in [-0.2, 0) is 31.6 Å². The number of aromatic amines is 1. The summed E-state index contributed by atoms with van der Waals surface area (Å²) in [6.45, 7) is 2.00. The first-order valence-electron chi connectivity index (χ1n) is 8.44. The van der Waals surface area contributed by atoms with Gasteiger partial charge in [-0.05, 0) is 13.3 Å². The maximum atomic E-state index is 12.1. The van der Waals surface area contributed by atoms with E-state index in [0.29, 0.717) is 0 Å². The first-order chi connectivity index (χ1) is 14.0. The Labute approximate surface area is 173 Å². The van der Waals surface area contributed by atoms with Gasteiger partial charge in [0.25, 0.3) is 5.56 Å². The van der Waals surface area contributed by atoms with Crippen LogP contribution in [0.3, 0.4) is 0 Å². The van der Waals surface area contributed by atoms with Crippen LogP contribution in [0.2, 0.25) is 0 Å². The van der Waals surface area contributed by atoms with Gasteiger partial charge in [-0.2, -0.15) is 8.62 Å². The fourth-order valence-electron chi connectivity index (χ4n) is 2.99. The SMILES string of the molecule is CCC1C(n2ccc(=O)[nH]c2=O)OC(C)(COP(=O)(O)OP(=O)(O)OP(=O)(O)O)C1O. The van der Waals surface area contributed by atoms with Crippen molar-refractivity contribution in [3.63, 3.8) is 0 Å². The summed E-state index contributed by atoms with van der Waals surface area (Å²) < 4.78 is 52.4. The zero-order valence-corrected chi connectivity index (χ0v) is 18.7. The minimum absolute atomic E-state index is 0.266. The molecule has 2 heterocycles. The number of aliphatic hydroxyl groups excluding tert-OH is 1. The lowest BCUT2D eigenvalue weighted by molar-refractivity contribution is -0.115. The maximum Gasteiger partial charge on any atom is 0.490 e. The summed E-state index contributed by atoms with van der Waals surface area (Å²) >= 11 is 0. The van der Waals surface area contributed by atoms with Gasteiger partial charge in [0, 0.05) is 18.2 Å². The lowest BCUT2D eigenvalue weighted by Crippen LogP contribution is -2.42. The Balaban J connectivity index is 2.19. The van der Waals surface area contributed by atoms with E-state index in [1.807, 2.05) is 4.98 Å². The third-order valence-electron chi connectivity index (χ3n) is 4.31. The molecule has 0 radical (unpaired) electrons. The van der Waals surface area contributed by atoms with E-state index >= 15 is 0 Å². The number of aromatic nitrogens is 2. The topological polar surface area (TPSA) is 244 Å². The zero-order chi connectivity index (χ0) is 23.8. The molecule has 19 heteroatoms. The highest BCUT2D eigenvalue weighted by atomic mass is 31.3. The number of H-pyrrole nitrogens is 1. The van der Waals surface area contributed by atoms with Crippen LogP contribution in [0.25, 0.3) is 0 Å². The Morgan fingerprint density at radius 1 is 1.16 bits per heavy atom. The third-order valence-corrected chi connectivity index (χ3v) is 8.10. The Hall–Kier alpha value is -0.990. The lowest BCUT2D eigenvalue weighted by atomic mass is 9.90. The number of phosphoric ester groups is 1. The van der Waals surface area contributed by atoms with Gasteiger partial charge in [0.2, 0.25) is 0 Å². The number of hydrogen-bond donors (Lipinski definition) is 6. The Morgan fingerprint density at radius 3 is 2.29 bits per heavy atom. The molecule has 16 nitrogen and oxygen atoms in total. The number of phosphoric acid groups is 3. The van der Waals surface area contributed by atoms with Gasteiger partial charge in [-0.25, -0.2) is 18.5 Å². The molecule has 1 aromatic heterocycles. The van der Waals surface area contributed by atoms with Crippen LogP contribution in [0.1, 0.15) is 26.5 Å². The summed E-state index contributed by atoms with van der Waals surface area (Å²) in [5.41, 5.74) is -3.24. The van der Waals surface area contributed by atoms with Gasteiger partial charge in [-0.1, -0.05) is 6.92 Å². The average Bonchev–Trinajstić information content (AvgIpc) is 2.81. The molecule has 0 aromatic carbocycles. The standard InChI is InChI=1S/C12H21N2O14P3/c1-3-7-9(16)12(2,26-10(7)14-5-4-8(15)13-11(14)17)6-25-30(21,22)28-31(23,24)27-29(18,19)20/h4-5,7,9-10,16H,3,6H2,1-2H3,(H,21,22)(H,23,24)(H,13,15,17)(H2,18,19,20). The Bertz CT molecular complexity index is 1060. The van der Waals surface area contributed by atoms with Gasteiger partial charge in [0.05, 0.1) is 12.7 Å². The molecule has 31 heavy (non-hydrogen) atoms. The summed E-state index contributed by atoms with van der Waals surface area (Å²) in [6.07, 6.45) is -1.09. The highest BCUT2D eigenvalue weighted by molar-refractivity contribution is 7.66. The average molecular weight is 510 g/mol. The summed E-state index contributed by atoms with van der Waals surface area (Å²) in [7, 11) is -16.7. The number of hydrogen-bond acceptors (Lipinski definition) is 10. The molecule has 2 rings (SSSR count). The molecular formula is C12H21N2O14P3. The molecular weight excluding hydrogens is 489 g/mol. The fourth-order valence-corrected chi connectivity index (χ4v) is 6.10. The van der Waals surface area contributed by atoms with Crippen molar-refractivity contribution >= 4 is 23.5 Å². The van der Waals surface area contributed by atoms with Crippen molar-refractivity contribution in [2.45, 2.75) is 38.2 Å². The van der Waals surface area contributed by atoms with Crippen molar-refractivity contribution in [2.24, 2.45) is 5.92 Å². The predicted octanol–water partition coefficient (Wildman–Crippen LogP) is -0.446. The monoisotopic (exact) mass is 510 g/mol. The van der Waals surface area contributed by atoms with Crippen LogP contribution in [0, 0.1) is 5.92 Å². The fraction of sp³-hybridized carbons (Fsp3) is 0.667. The van der Waals surface area contributed by atoms with Gasteiger partial charge < -0.3 is 29.4 Å². The minimum atomic E-state index is -5.71. The van der Waals surface area contributed by atoms with Gasteiger partial charge in [0.15, 0.2) is 0 Å². The third kappa shape index (κ3) is 6.75. The molecule has 1 saturated heterocycles. The van der Waals surface area contributed by atoms with E-state index in [-0.39, 0.29) is 6.42 Å². The largest absolute Gasteiger partial charge is 0.490 e. The van der Waals surface area contributed by atoms with Crippen molar-refractivity contribution in [3.8, 4) is 0 Å². The second kappa shape index (κ2) is 9.10. The number of nitrogens with one attached hydrogen (secondary N) is 1. The maximum absolute atomic E-state index is 12.1. The van der Waals surface area contributed by atoms with Crippen LogP contribution in [0.15, 0.2) is 21.9 Å². The van der Waals surface area contributed by atoms with Crippen LogP contribution in [0.4, 0.5) is 0 Å². The Kier molecular flexibility index (Phi) is 7.71. The van der Waals surface area contributed by atoms with E-state index < -0.39 is 65.2 Å². The van der Waals surface area contributed by atoms with Gasteiger partial charge >= 0.3 is 29.2 Å². The highest BCUT2D eigenvalue weighted by Gasteiger charge is 2.53. The Morgan fingerprint density at radius 2 is 1.77 bits per heavy atom. The van der Waals surface area contributed by atoms with Gasteiger partial charge in [0.1, 0.15) is 11.8 Å². The molecule has 1 aromatic rings. The summed E-state index contributed by atoms with van der Waals surface area (Å²) in [5, 5.41) is 10.6. The van der Waals surface area contributed by atoms with Crippen LogP contribution >= 0.6 is 23.5 Å². The molecule has 0 aliphatic carbocycles. The molecule has 1 fully saturated rings. The van der Waals surface area contributed by atoms with E-state index in [2.05, 4.69) is 13.1 Å². The highest BCUT2D eigenvalue weighted by Crippen LogP contribution is 2.66. The lowest BCUT2D eigenvalue weighted by Gasteiger charge is -2.28. The van der Waals surface area contributed by atoms with Crippen molar-refractivity contribution < 1.29 is 56.3 Å². The van der Waals surface area contributed by atoms with Gasteiger partial charge in [-0.15, -0.1) is 0 Å². The van der Waals surface area contributed by atoms with Crippen LogP contribution < -0.4 is 11.2 Å². The molecule has 178 valence electrons. The molecule has 0 amide bonds. The van der Waals surface area contributed by atoms with E-state index in [4.69, 9.17) is 14.5 Å². The number of nitrogens with zero attached hydrogens (tertiary/aromatic N) is 1. The van der Waals surface area contributed by atoms with Crippen LogP contribution in [-0.4, -0.2) is 52.5 Å². The molecule has 6 N–H and O–H groups in total. The van der Waals surface area contributed by atoms with Crippen molar-refractivity contribution in [1.29, 1.82) is 0 Å². The number of rotatable bonds is 9. The summed E-state index contributed by atoms with van der Waals surface area (Å²) in [4.78, 5) is 61.2.